The molecule has 1 aliphatic rings. The third kappa shape index (κ3) is 12.3. The third-order valence-electron chi connectivity index (χ3n) is 16.7. The van der Waals surface area contributed by atoms with E-state index in [1.54, 1.807) is 0 Å². The second-order valence-corrected chi connectivity index (χ2v) is 36.5. The van der Waals surface area contributed by atoms with E-state index in [1.165, 1.54) is 93.0 Å². The molecule has 1 atom stereocenters. The summed E-state index contributed by atoms with van der Waals surface area (Å²) in [6.07, 6.45) is 0. The fourth-order valence-electron chi connectivity index (χ4n) is 12.3. The minimum Gasteiger partial charge on any atom is -0.496 e. The summed E-state index contributed by atoms with van der Waals surface area (Å²) in [4.78, 5) is 0. The molecule has 81 heavy (non-hydrogen) atoms. The lowest BCUT2D eigenvalue weighted by Crippen LogP contribution is -2.34. The Morgan fingerprint density at radius 1 is 0.333 bits per heavy atom. The minimum absolute atomic E-state index is 0.101. The highest BCUT2D eigenvalue weighted by atomic mass is 31.1. The van der Waals surface area contributed by atoms with Crippen molar-refractivity contribution >= 4 is 47.7 Å². The number of hydrogen-bond acceptors (Lipinski definition) is 4. The van der Waals surface area contributed by atoms with E-state index in [4.69, 9.17) is 18.9 Å². The van der Waals surface area contributed by atoms with Crippen molar-refractivity contribution in [3.63, 3.8) is 0 Å². The van der Waals surface area contributed by atoms with Crippen molar-refractivity contribution in [2.75, 3.05) is 21.3 Å². The molecule has 438 valence electrons. The fourth-order valence-corrected chi connectivity index (χ4v) is 17.3. The van der Waals surface area contributed by atoms with E-state index in [-0.39, 0.29) is 43.3 Å². The van der Waals surface area contributed by atoms with Crippen LogP contribution >= 0.6 is 15.8 Å². The lowest BCUT2D eigenvalue weighted by Gasteiger charge is -2.39. The Morgan fingerprint density at radius 2 is 0.543 bits per heavy atom. The molecule has 0 aromatic heterocycles. The summed E-state index contributed by atoms with van der Waals surface area (Å²) >= 11 is 0. The van der Waals surface area contributed by atoms with Crippen molar-refractivity contribution in [2.24, 2.45) is 0 Å². The van der Waals surface area contributed by atoms with Gasteiger partial charge in [0.2, 0.25) is 0 Å². The van der Waals surface area contributed by atoms with Crippen molar-refractivity contribution in [2.45, 2.75) is 236 Å². The zero-order chi connectivity index (χ0) is 61.1. The molecule has 0 radical (unpaired) electrons. The Morgan fingerprint density at radius 3 is 0.741 bits per heavy atom. The van der Waals surface area contributed by atoms with Crippen molar-refractivity contribution in [1.82, 2.24) is 0 Å². The van der Waals surface area contributed by atoms with Crippen LogP contribution in [-0.2, 0) is 48.7 Å². The van der Waals surface area contributed by atoms with Gasteiger partial charge in [-0.25, -0.2) is 0 Å². The Bertz CT molecular complexity index is 3120. The largest absolute Gasteiger partial charge is 0.496 e. The summed E-state index contributed by atoms with van der Waals surface area (Å²) in [7, 11) is 2.94. The molecule has 1 heterocycles. The monoisotopic (exact) mass is 1130 g/mol. The molecule has 1 unspecified atom stereocenters. The molecular weight excluding hydrogens is 1030 g/mol. The predicted octanol–water partition coefficient (Wildman–Crippen LogP) is 18.3. The fraction of sp³-hybridized carbons (Fsp3) is 0.520. The minimum atomic E-state index is -1.32. The molecular formula is C75H104O4P2. The number of fused-ring (bicyclic) bond motifs is 2. The van der Waals surface area contributed by atoms with E-state index in [1.807, 2.05) is 21.3 Å². The zero-order valence-electron chi connectivity index (χ0n) is 56.1. The maximum absolute atomic E-state index is 8.12. The molecule has 0 saturated carbocycles. The zero-order valence-corrected chi connectivity index (χ0v) is 57.9. The summed E-state index contributed by atoms with van der Waals surface area (Å²) in [5.74, 6) is 4.83. The molecule has 0 bridgehead atoms. The average molecular weight is 1130 g/mol. The van der Waals surface area contributed by atoms with Crippen molar-refractivity contribution in [3.05, 3.63) is 146 Å². The van der Waals surface area contributed by atoms with Crippen molar-refractivity contribution in [3.8, 4) is 28.7 Å². The second-order valence-electron chi connectivity index (χ2n) is 32.1. The lowest BCUT2D eigenvalue weighted by atomic mass is 9.76. The molecule has 1 aliphatic heterocycles. The summed E-state index contributed by atoms with van der Waals surface area (Å²) < 4.78 is 27.6. The van der Waals surface area contributed by atoms with E-state index >= 15 is 0 Å². The van der Waals surface area contributed by atoms with Gasteiger partial charge in [-0.1, -0.05) is 216 Å². The van der Waals surface area contributed by atoms with Gasteiger partial charge in [-0.05, 0) is 153 Å². The molecule has 4 nitrogen and oxygen atoms in total. The topological polar surface area (TPSA) is 36.9 Å². The van der Waals surface area contributed by atoms with Gasteiger partial charge in [0.1, 0.15) is 28.7 Å². The van der Waals surface area contributed by atoms with Crippen molar-refractivity contribution in [1.29, 1.82) is 0 Å². The van der Waals surface area contributed by atoms with Crippen LogP contribution < -0.4 is 50.8 Å². The molecule has 7 rings (SSSR count). The van der Waals surface area contributed by atoms with Crippen LogP contribution in [0.2, 0.25) is 0 Å². The number of hydrogen-bond donors (Lipinski definition) is 0. The summed E-state index contributed by atoms with van der Waals surface area (Å²) in [5, 5.41) is 7.59. The maximum Gasteiger partial charge on any atom is 0.139 e. The Labute approximate surface area is 495 Å². The Kier molecular flexibility index (Phi) is 16.9. The van der Waals surface area contributed by atoms with Gasteiger partial charge in [0.25, 0.3) is 0 Å². The highest BCUT2D eigenvalue weighted by Crippen LogP contribution is 2.55. The molecule has 0 spiro atoms. The number of methoxy groups -OCH3 is 3. The van der Waals surface area contributed by atoms with Gasteiger partial charge in [0.15, 0.2) is 0 Å². The first-order valence-electron chi connectivity index (χ1n) is 29.7. The number of benzene rings is 6. The van der Waals surface area contributed by atoms with Gasteiger partial charge >= 0.3 is 0 Å². The van der Waals surface area contributed by atoms with Crippen LogP contribution in [0.5, 0.6) is 28.7 Å². The van der Waals surface area contributed by atoms with Crippen LogP contribution in [0.25, 0.3) is 0 Å². The van der Waals surface area contributed by atoms with Crippen LogP contribution in [0.4, 0.5) is 0 Å². The predicted molar refractivity (Wildman–Crippen MR) is 356 cm³/mol. The molecule has 0 aliphatic carbocycles. The second kappa shape index (κ2) is 21.5. The van der Waals surface area contributed by atoms with Crippen molar-refractivity contribution < 1.29 is 18.9 Å². The molecule has 0 N–H and O–H groups in total. The third-order valence-corrected chi connectivity index (χ3v) is 21.5. The SMILES string of the molecule is COc1c(C(C)(C)C)cc(P(c2cc(C(C)(C)C)c(C)c(C(C)(C)C)c2)c2cccc3c2Oc2c(P(c4cc(C(C)(C)C)c(OC)c(C(C)(C)C)c4)c4cc(C(C)(C)C)c(OC)c(C(C)(C)C)c4)cccc2C3(C)C)cc1C(C)(C)C. The first-order chi connectivity index (χ1) is 36.8. The van der Waals surface area contributed by atoms with E-state index in [0.717, 1.165) is 28.7 Å². The first kappa shape index (κ1) is 64.0. The maximum atomic E-state index is 8.12. The highest BCUT2D eigenvalue weighted by Gasteiger charge is 2.42. The summed E-state index contributed by atoms with van der Waals surface area (Å²) in [6, 6.07) is 34.0. The summed E-state index contributed by atoms with van der Waals surface area (Å²) in [6.45, 7) is 63.2. The Balaban J connectivity index is 1.69. The lowest BCUT2D eigenvalue weighted by molar-refractivity contribution is 0.381. The quantitative estimate of drug-likeness (QED) is 0.135. The number of rotatable bonds is 9. The van der Waals surface area contributed by atoms with Gasteiger partial charge in [-0.2, -0.15) is 0 Å². The Hall–Kier alpha value is -4.62. The van der Waals surface area contributed by atoms with E-state index in [2.05, 4.69) is 272 Å². The van der Waals surface area contributed by atoms with Gasteiger partial charge < -0.3 is 18.9 Å². The van der Waals surface area contributed by atoms with Crippen LogP contribution in [0, 0.1) is 6.92 Å². The molecule has 6 heteroatoms. The van der Waals surface area contributed by atoms with Gasteiger partial charge in [0.05, 0.1) is 21.3 Å². The highest BCUT2D eigenvalue weighted by molar-refractivity contribution is 7.80. The van der Waals surface area contributed by atoms with Crippen LogP contribution in [0.1, 0.15) is 241 Å². The van der Waals surface area contributed by atoms with E-state index in [9.17, 15) is 0 Å². The van der Waals surface area contributed by atoms with Gasteiger partial charge in [-0.3, -0.25) is 0 Å². The normalized spacial score (nSPS) is 14.8. The molecule has 6 aromatic carbocycles. The van der Waals surface area contributed by atoms with E-state index in [0.29, 0.717) is 0 Å². The van der Waals surface area contributed by atoms with Crippen LogP contribution in [-0.4, -0.2) is 21.3 Å². The first-order valence-corrected chi connectivity index (χ1v) is 32.4. The standard InChI is InChI=1S/C75H104O4P2/c1-45-52(67(2,3)4)37-46(38-53(45)68(5,6)7)80(47-39-54(69(8,9)10)62(76-28)55(40-47)70(11,12)13)60-35-31-33-50-65(60)79-66-51(75(50,26)27)34-32-36-61(66)81(48-41-56(71(14,15)16)63(77-29)57(42-48)72(17,18)19)49-43-58(73(20,21)22)64(78-30)59(44-49)74(23,24)25/h31-44H,1-30H3. The van der Waals surface area contributed by atoms with E-state index < -0.39 is 21.3 Å². The summed E-state index contributed by atoms with van der Waals surface area (Å²) in [5.41, 5.74) is 11.9. The smallest absolute Gasteiger partial charge is 0.139 e. The van der Waals surface area contributed by atoms with Crippen LogP contribution in [0.3, 0.4) is 0 Å². The van der Waals surface area contributed by atoms with Gasteiger partial charge in [-0.15, -0.1) is 0 Å². The van der Waals surface area contributed by atoms with Crippen LogP contribution in [0.15, 0.2) is 84.9 Å². The molecule has 0 amide bonds. The van der Waals surface area contributed by atoms with Gasteiger partial charge in [0, 0.05) is 60.5 Å². The number of para-hydroxylation sites is 2. The molecule has 0 saturated heterocycles. The average Bonchev–Trinajstić information content (AvgIpc) is 3.26. The number of ether oxygens (including phenoxy) is 4. The molecule has 0 fully saturated rings. The molecule has 6 aromatic rings.